The highest BCUT2D eigenvalue weighted by molar-refractivity contribution is 6.76. The third-order valence-corrected chi connectivity index (χ3v) is 4.04. The molecule has 0 aliphatic heterocycles. The van der Waals surface area contributed by atoms with E-state index in [0.29, 0.717) is 12.5 Å². The first-order valence-corrected chi connectivity index (χ1v) is 9.38. The van der Waals surface area contributed by atoms with Gasteiger partial charge in [0.15, 0.2) is 6.73 Å². The molecule has 0 aromatic carbocycles. The first kappa shape index (κ1) is 14.6. The summed E-state index contributed by atoms with van der Waals surface area (Å²) in [6.07, 6.45) is 0. The maximum Gasteiger partial charge on any atom is 0.394 e. The highest BCUT2D eigenvalue weighted by Gasteiger charge is 2.19. The minimum Gasteiger partial charge on any atom is -0.480 e. The van der Waals surface area contributed by atoms with Gasteiger partial charge in [0, 0.05) is 14.7 Å². The van der Waals surface area contributed by atoms with Crippen molar-refractivity contribution in [2.24, 2.45) is 0 Å². The number of ether oxygens (including phenoxy) is 2. The maximum atomic E-state index is 10.6. The Hall–Kier alpha value is -1.41. The average Bonchev–Trinajstić information content (AvgIpc) is 2.66. The molecule has 0 bridgehead atoms. The van der Waals surface area contributed by atoms with E-state index in [9.17, 15) is 10.1 Å². The van der Waals surface area contributed by atoms with Crippen LogP contribution in [0.1, 0.15) is 0 Å². The third kappa shape index (κ3) is 4.45. The van der Waals surface area contributed by atoms with Gasteiger partial charge in [-0.05, 0) is 11.0 Å². The van der Waals surface area contributed by atoms with Crippen molar-refractivity contribution in [2.45, 2.75) is 32.4 Å². The molecule has 1 aromatic rings. The molecule has 0 saturated heterocycles. The van der Waals surface area contributed by atoms with Crippen molar-refractivity contribution in [1.82, 2.24) is 9.78 Å². The lowest BCUT2D eigenvalue weighted by atomic mass is 10.6. The second-order valence-electron chi connectivity index (χ2n) is 5.15. The number of nitro groups is 1. The molecule has 0 saturated carbocycles. The van der Waals surface area contributed by atoms with Gasteiger partial charge in [0.2, 0.25) is 5.88 Å². The largest absolute Gasteiger partial charge is 0.480 e. The predicted molar refractivity (Wildman–Crippen MR) is 69.5 cm³/mol. The quantitative estimate of drug-likeness (QED) is 0.329. The average molecular weight is 273 g/mol. The summed E-state index contributed by atoms with van der Waals surface area (Å²) in [5.41, 5.74) is 0. The number of aromatic nitrogens is 2. The SMILES string of the molecule is COc1cc([N+](=O)[O-])nn1COCC[Si](C)(C)C. The molecule has 102 valence electrons. The Kier molecular flexibility index (Phi) is 4.85. The summed E-state index contributed by atoms with van der Waals surface area (Å²) in [6.45, 7) is 7.58. The number of hydrogen-bond donors (Lipinski definition) is 0. The van der Waals surface area contributed by atoms with Crippen LogP contribution in [0.25, 0.3) is 0 Å². The van der Waals surface area contributed by atoms with E-state index in [0.717, 1.165) is 6.04 Å². The van der Waals surface area contributed by atoms with Gasteiger partial charge in [-0.2, -0.15) is 0 Å². The van der Waals surface area contributed by atoms with Crippen LogP contribution >= 0.6 is 0 Å². The molecule has 1 heterocycles. The first-order chi connectivity index (χ1) is 8.33. The van der Waals surface area contributed by atoms with Crippen LogP contribution in [0.2, 0.25) is 25.7 Å². The standard InChI is InChI=1S/C10H19N3O4Si/c1-16-10-7-9(13(14)15)11-12(10)8-17-5-6-18(2,3)4/h7H,5-6,8H2,1-4H3. The molecule has 8 heteroatoms. The van der Waals surface area contributed by atoms with E-state index >= 15 is 0 Å². The predicted octanol–water partition coefficient (Wildman–Crippen LogP) is 2.11. The zero-order valence-electron chi connectivity index (χ0n) is 11.2. The zero-order chi connectivity index (χ0) is 13.8. The Morgan fingerprint density at radius 3 is 2.67 bits per heavy atom. The molecule has 18 heavy (non-hydrogen) atoms. The summed E-state index contributed by atoms with van der Waals surface area (Å²) >= 11 is 0. The van der Waals surface area contributed by atoms with Crippen molar-refractivity contribution in [2.75, 3.05) is 13.7 Å². The molecule has 0 aliphatic rings. The van der Waals surface area contributed by atoms with E-state index in [1.807, 2.05) is 0 Å². The molecule has 0 amide bonds. The lowest BCUT2D eigenvalue weighted by molar-refractivity contribution is -0.389. The molecule has 1 rings (SSSR count). The summed E-state index contributed by atoms with van der Waals surface area (Å²) in [7, 11) is 0.320. The minimum atomic E-state index is -1.12. The molecule has 1 aromatic heterocycles. The minimum absolute atomic E-state index is 0.168. The maximum absolute atomic E-state index is 10.6. The number of hydrogen-bond acceptors (Lipinski definition) is 5. The van der Waals surface area contributed by atoms with Crippen LogP contribution < -0.4 is 4.74 Å². The van der Waals surface area contributed by atoms with Gasteiger partial charge >= 0.3 is 5.82 Å². The molecular formula is C10H19N3O4Si. The fourth-order valence-electron chi connectivity index (χ4n) is 1.26. The molecule has 7 nitrogen and oxygen atoms in total. The van der Waals surface area contributed by atoms with Crippen molar-refractivity contribution in [3.63, 3.8) is 0 Å². The van der Waals surface area contributed by atoms with E-state index < -0.39 is 13.0 Å². The molecular weight excluding hydrogens is 254 g/mol. The summed E-state index contributed by atoms with van der Waals surface area (Å²) in [5, 5.41) is 14.4. The van der Waals surface area contributed by atoms with E-state index in [2.05, 4.69) is 24.7 Å². The van der Waals surface area contributed by atoms with Crippen molar-refractivity contribution in [1.29, 1.82) is 0 Å². The van der Waals surface area contributed by atoms with Gasteiger partial charge in [-0.15, -0.1) is 4.68 Å². The Labute approximate surface area is 107 Å². The number of methoxy groups -OCH3 is 1. The number of nitrogens with zero attached hydrogens (tertiary/aromatic N) is 3. The molecule has 0 radical (unpaired) electrons. The zero-order valence-corrected chi connectivity index (χ0v) is 12.2. The molecule has 0 aliphatic carbocycles. The summed E-state index contributed by atoms with van der Waals surface area (Å²) in [4.78, 5) is 10.0. The fraction of sp³-hybridized carbons (Fsp3) is 0.700. The van der Waals surface area contributed by atoms with E-state index in [4.69, 9.17) is 9.47 Å². The van der Waals surface area contributed by atoms with Crippen LogP contribution in [0.4, 0.5) is 5.82 Å². The normalized spacial score (nSPS) is 11.6. The van der Waals surface area contributed by atoms with Crippen LogP contribution in [-0.4, -0.2) is 36.5 Å². The summed E-state index contributed by atoms with van der Waals surface area (Å²) in [6, 6.07) is 2.32. The van der Waals surface area contributed by atoms with Crippen molar-refractivity contribution in [3.8, 4) is 5.88 Å². The summed E-state index contributed by atoms with van der Waals surface area (Å²) < 4.78 is 11.8. The molecule has 0 atom stereocenters. The number of rotatable bonds is 7. The summed E-state index contributed by atoms with van der Waals surface area (Å²) in [5.74, 6) is 0.0929. The van der Waals surface area contributed by atoms with Gasteiger partial charge in [-0.3, -0.25) is 0 Å². The second kappa shape index (κ2) is 5.96. The molecule has 0 N–H and O–H groups in total. The van der Waals surface area contributed by atoms with Crippen LogP contribution in [0.3, 0.4) is 0 Å². The van der Waals surface area contributed by atoms with E-state index in [1.165, 1.54) is 17.9 Å². The Balaban J connectivity index is 2.53. The van der Waals surface area contributed by atoms with Gasteiger partial charge in [0.05, 0.1) is 12.2 Å². The topological polar surface area (TPSA) is 79.4 Å². The third-order valence-electron chi connectivity index (χ3n) is 2.34. The second-order valence-corrected chi connectivity index (χ2v) is 10.8. The Morgan fingerprint density at radius 2 is 2.17 bits per heavy atom. The van der Waals surface area contributed by atoms with Crippen molar-refractivity contribution < 1.29 is 14.4 Å². The van der Waals surface area contributed by atoms with Gasteiger partial charge in [0.25, 0.3) is 0 Å². The lowest BCUT2D eigenvalue weighted by Crippen LogP contribution is -2.22. The Morgan fingerprint density at radius 1 is 1.50 bits per heavy atom. The van der Waals surface area contributed by atoms with E-state index in [1.54, 1.807) is 0 Å². The fourth-order valence-corrected chi connectivity index (χ4v) is 2.02. The van der Waals surface area contributed by atoms with Crippen LogP contribution in [0.15, 0.2) is 6.07 Å². The van der Waals surface area contributed by atoms with Crippen LogP contribution in [0.5, 0.6) is 5.88 Å². The molecule has 0 unspecified atom stereocenters. The monoisotopic (exact) mass is 273 g/mol. The van der Waals surface area contributed by atoms with Crippen molar-refractivity contribution >= 4 is 13.9 Å². The van der Waals surface area contributed by atoms with Crippen LogP contribution in [-0.2, 0) is 11.5 Å². The van der Waals surface area contributed by atoms with Crippen molar-refractivity contribution in [3.05, 3.63) is 16.2 Å². The lowest BCUT2D eigenvalue weighted by Gasteiger charge is -2.14. The molecule has 0 spiro atoms. The van der Waals surface area contributed by atoms with Gasteiger partial charge in [-0.25, -0.2) is 0 Å². The van der Waals surface area contributed by atoms with E-state index in [-0.39, 0.29) is 12.5 Å². The van der Waals surface area contributed by atoms with Gasteiger partial charge in [-0.1, -0.05) is 19.6 Å². The van der Waals surface area contributed by atoms with Gasteiger partial charge < -0.3 is 19.6 Å². The smallest absolute Gasteiger partial charge is 0.394 e. The van der Waals surface area contributed by atoms with Crippen LogP contribution in [0, 0.1) is 10.1 Å². The highest BCUT2D eigenvalue weighted by Crippen LogP contribution is 2.18. The first-order valence-electron chi connectivity index (χ1n) is 5.67. The highest BCUT2D eigenvalue weighted by atomic mass is 28.3. The van der Waals surface area contributed by atoms with Gasteiger partial charge in [0.1, 0.15) is 6.07 Å². The molecule has 0 fully saturated rings. The Bertz CT molecular complexity index is 414.